The monoisotopic (exact) mass is 536 g/mol. The van der Waals surface area contributed by atoms with E-state index in [0.29, 0.717) is 0 Å². The van der Waals surface area contributed by atoms with Gasteiger partial charge >= 0.3 is 0 Å². The van der Waals surface area contributed by atoms with E-state index in [0.717, 1.165) is 39.7 Å². The molecule has 0 N–H and O–H groups in total. The van der Waals surface area contributed by atoms with Crippen molar-refractivity contribution in [2.45, 2.75) is 10.5 Å². The first-order valence-corrected chi connectivity index (χ1v) is 14.8. The van der Waals surface area contributed by atoms with Crippen LogP contribution in [0.5, 0.6) is 11.5 Å². The van der Waals surface area contributed by atoms with Crippen LogP contribution in [-0.4, -0.2) is 25.7 Å². The van der Waals surface area contributed by atoms with E-state index in [1.54, 1.807) is 14.2 Å². The van der Waals surface area contributed by atoms with Gasteiger partial charge in [-0.15, -0.1) is 23.5 Å². The maximum atomic E-state index is 5.39. The van der Waals surface area contributed by atoms with Crippen LogP contribution in [0, 0.1) is 0 Å². The Labute approximate surface area is 234 Å². The average molecular weight is 537 g/mol. The second kappa shape index (κ2) is 12.5. The highest BCUT2D eigenvalue weighted by Crippen LogP contribution is 2.51. The number of hydrogen-bond acceptors (Lipinski definition) is 4. The molecule has 192 valence electrons. The Morgan fingerprint density at radius 3 is 1.71 bits per heavy atom. The van der Waals surface area contributed by atoms with E-state index in [1.165, 1.54) is 23.1 Å². The van der Waals surface area contributed by atoms with Gasteiger partial charge in [0.15, 0.2) is 0 Å². The van der Waals surface area contributed by atoms with Crippen molar-refractivity contribution in [3.63, 3.8) is 0 Å². The SMILES string of the molecule is COc1ccc(C(=C/C=C/C2(c3ccc(-c4ccccc4)cc3)SCCCS2)c2ccc(OC)cc2)cc1. The Balaban J connectivity index is 1.49. The molecule has 4 aromatic rings. The normalized spacial score (nSPS) is 14.7. The zero-order chi connectivity index (χ0) is 26.2. The zero-order valence-corrected chi connectivity index (χ0v) is 23.4. The van der Waals surface area contributed by atoms with E-state index in [4.69, 9.17) is 9.47 Å². The van der Waals surface area contributed by atoms with Crippen LogP contribution in [0.1, 0.15) is 23.1 Å². The third kappa shape index (κ3) is 6.03. The molecule has 0 atom stereocenters. The Bertz CT molecular complexity index is 1320. The molecular weight excluding hydrogens is 505 g/mol. The second-order valence-electron chi connectivity index (χ2n) is 9.06. The van der Waals surface area contributed by atoms with Crippen molar-refractivity contribution >= 4 is 29.1 Å². The van der Waals surface area contributed by atoms with Gasteiger partial charge in [0.25, 0.3) is 0 Å². The fraction of sp³-hybridized carbons (Fsp3) is 0.176. The summed E-state index contributed by atoms with van der Waals surface area (Å²) in [6, 6.07) is 36.2. The topological polar surface area (TPSA) is 18.5 Å². The summed E-state index contributed by atoms with van der Waals surface area (Å²) in [7, 11) is 3.40. The van der Waals surface area contributed by atoms with Crippen molar-refractivity contribution in [1.82, 2.24) is 0 Å². The Kier molecular flexibility index (Phi) is 8.62. The first-order chi connectivity index (χ1) is 18.7. The molecule has 0 bridgehead atoms. The fourth-order valence-electron chi connectivity index (χ4n) is 4.60. The zero-order valence-electron chi connectivity index (χ0n) is 21.8. The van der Waals surface area contributed by atoms with Crippen LogP contribution < -0.4 is 9.47 Å². The molecule has 5 rings (SSSR count). The van der Waals surface area contributed by atoms with Crippen LogP contribution >= 0.6 is 23.5 Å². The van der Waals surface area contributed by atoms with Crippen LogP contribution in [0.4, 0.5) is 0 Å². The summed E-state index contributed by atoms with van der Waals surface area (Å²) < 4.78 is 10.7. The smallest absolute Gasteiger partial charge is 0.118 e. The first-order valence-electron chi connectivity index (χ1n) is 12.8. The van der Waals surface area contributed by atoms with Gasteiger partial charge in [0, 0.05) is 0 Å². The molecule has 0 amide bonds. The van der Waals surface area contributed by atoms with Gasteiger partial charge in [-0.1, -0.05) is 97.1 Å². The van der Waals surface area contributed by atoms with Crippen LogP contribution in [0.25, 0.3) is 16.7 Å². The second-order valence-corrected chi connectivity index (χ2v) is 12.0. The lowest BCUT2D eigenvalue weighted by atomic mass is 9.97. The maximum Gasteiger partial charge on any atom is 0.118 e. The van der Waals surface area contributed by atoms with Gasteiger partial charge in [-0.3, -0.25) is 0 Å². The summed E-state index contributed by atoms with van der Waals surface area (Å²) in [6.07, 6.45) is 8.09. The standard InChI is InChI=1S/C34H32O2S2/c1-35-31-19-13-28(14-20-31)33(29-15-21-32(36-2)22-16-29)10-6-23-34(37-24-7-25-38-34)30-17-11-27(12-18-30)26-8-4-3-5-9-26/h3-6,8-23H,7,24-25H2,1-2H3/b23-6+. The van der Waals surface area contributed by atoms with E-state index in [-0.39, 0.29) is 4.08 Å². The van der Waals surface area contributed by atoms with Gasteiger partial charge < -0.3 is 9.47 Å². The highest BCUT2D eigenvalue weighted by atomic mass is 32.2. The largest absolute Gasteiger partial charge is 0.497 e. The number of ether oxygens (including phenoxy) is 2. The number of benzene rings is 4. The lowest BCUT2D eigenvalue weighted by Gasteiger charge is -2.34. The van der Waals surface area contributed by atoms with Gasteiger partial charge in [0.2, 0.25) is 0 Å². The van der Waals surface area contributed by atoms with E-state index in [1.807, 2.05) is 47.8 Å². The lowest BCUT2D eigenvalue weighted by molar-refractivity contribution is 0.414. The van der Waals surface area contributed by atoms with Crippen molar-refractivity contribution in [3.8, 4) is 22.6 Å². The maximum absolute atomic E-state index is 5.39. The van der Waals surface area contributed by atoms with Gasteiger partial charge in [0.1, 0.15) is 15.6 Å². The van der Waals surface area contributed by atoms with Crippen molar-refractivity contribution < 1.29 is 9.47 Å². The average Bonchev–Trinajstić information content (AvgIpc) is 3.00. The quantitative estimate of drug-likeness (QED) is 0.209. The molecular formula is C34H32O2S2. The molecule has 38 heavy (non-hydrogen) atoms. The van der Waals surface area contributed by atoms with Crippen molar-refractivity contribution in [1.29, 1.82) is 0 Å². The predicted octanol–water partition coefficient (Wildman–Crippen LogP) is 9.08. The van der Waals surface area contributed by atoms with E-state index < -0.39 is 0 Å². The minimum absolute atomic E-state index is 0.102. The third-order valence-corrected chi connectivity index (χ3v) is 9.99. The number of methoxy groups -OCH3 is 2. The van der Waals surface area contributed by atoms with Crippen molar-refractivity contribution in [2.24, 2.45) is 0 Å². The number of allylic oxidation sites excluding steroid dienone is 2. The minimum atomic E-state index is -0.102. The van der Waals surface area contributed by atoms with Gasteiger partial charge in [-0.05, 0) is 75.6 Å². The lowest BCUT2D eigenvalue weighted by Crippen LogP contribution is -2.20. The molecule has 0 unspecified atom stereocenters. The van der Waals surface area contributed by atoms with Gasteiger partial charge in [-0.2, -0.15) is 0 Å². The molecule has 0 aliphatic carbocycles. The number of hydrogen-bond donors (Lipinski definition) is 0. The van der Waals surface area contributed by atoms with E-state index in [2.05, 4.69) is 97.1 Å². The molecule has 2 nitrogen and oxygen atoms in total. The molecule has 1 aliphatic rings. The molecule has 1 heterocycles. The summed E-state index contributed by atoms with van der Waals surface area (Å²) in [5.41, 5.74) is 7.29. The molecule has 4 heteroatoms. The van der Waals surface area contributed by atoms with E-state index in [9.17, 15) is 0 Å². The van der Waals surface area contributed by atoms with Crippen LogP contribution in [0.3, 0.4) is 0 Å². The van der Waals surface area contributed by atoms with Crippen LogP contribution in [0.15, 0.2) is 121 Å². The van der Waals surface area contributed by atoms with E-state index >= 15 is 0 Å². The summed E-state index contributed by atoms with van der Waals surface area (Å²) >= 11 is 4.06. The van der Waals surface area contributed by atoms with Gasteiger partial charge in [0.05, 0.1) is 14.2 Å². The molecule has 0 radical (unpaired) electrons. The molecule has 4 aromatic carbocycles. The molecule has 1 aliphatic heterocycles. The van der Waals surface area contributed by atoms with Crippen LogP contribution in [-0.2, 0) is 4.08 Å². The third-order valence-electron chi connectivity index (χ3n) is 6.70. The van der Waals surface area contributed by atoms with Crippen molar-refractivity contribution in [2.75, 3.05) is 25.7 Å². The Morgan fingerprint density at radius 2 is 1.18 bits per heavy atom. The number of thioether (sulfide) groups is 2. The summed E-state index contributed by atoms with van der Waals surface area (Å²) in [4.78, 5) is 0. The summed E-state index contributed by atoms with van der Waals surface area (Å²) in [5, 5.41) is 0. The summed E-state index contributed by atoms with van der Waals surface area (Å²) in [5.74, 6) is 4.02. The fourth-order valence-corrected chi connectivity index (χ4v) is 7.76. The Hall–Kier alpha value is -3.34. The molecule has 1 saturated heterocycles. The highest BCUT2D eigenvalue weighted by Gasteiger charge is 2.33. The first kappa shape index (κ1) is 26.3. The number of rotatable bonds is 8. The Morgan fingerprint density at radius 1 is 0.658 bits per heavy atom. The van der Waals surface area contributed by atoms with Crippen molar-refractivity contribution in [3.05, 3.63) is 138 Å². The molecule has 0 aromatic heterocycles. The molecule has 1 fully saturated rings. The molecule has 0 spiro atoms. The predicted molar refractivity (Wildman–Crippen MR) is 165 cm³/mol. The van der Waals surface area contributed by atoms with Crippen LogP contribution in [0.2, 0.25) is 0 Å². The minimum Gasteiger partial charge on any atom is -0.497 e. The highest BCUT2D eigenvalue weighted by molar-refractivity contribution is 8.18. The molecule has 0 saturated carbocycles. The van der Waals surface area contributed by atoms with Gasteiger partial charge in [-0.25, -0.2) is 0 Å². The summed E-state index contributed by atoms with van der Waals surface area (Å²) in [6.45, 7) is 0.